The van der Waals surface area contributed by atoms with Crippen molar-refractivity contribution in [3.05, 3.63) is 59.3 Å². The van der Waals surface area contributed by atoms with Crippen LogP contribution in [0.15, 0.2) is 53.7 Å². The molecule has 0 unspecified atom stereocenters. The van der Waals surface area contributed by atoms with E-state index in [1.165, 1.54) is 16.7 Å². The first kappa shape index (κ1) is 18.4. The highest BCUT2D eigenvalue weighted by atomic mass is 32.2. The number of aromatic nitrogens is 2. The van der Waals surface area contributed by atoms with Crippen molar-refractivity contribution in [3.63, 3.8) is 0 Å². The number of amides is 1. The number of carbonyl (C=O) groups is 1. The fourth-order valence-corrected chi connectivity index (χ4v) is 4.19. The smallest absolute Gasteiger partial charge is 0.270 e. The van der Waals surface area contributed by atoms with Gasteiger partial charge in [-0.25, -0.2) is 0 Å². The molecule has 0 N–H and O–H groups in total. The van der Waals surface area contributed by atoms with Crippen molar-refractivity contribution in [2.24, 2.45) is 0 Å². The predicted molar refractivity (Wildman–Crippen MR) is 115 cm³/mol. The number of carbonyl (C=O) groups excluding carboxylic acids is 1. The molecule has 1 aliphatic rings. The lowest BCUT2D eigenvalue weighted by atomic mass is 10.1. The number of methoxy groups -OCH3 is 2. The lowest BCUT2D eigenvalue weighted by Crippen LogP contribution is -2.27. The summed E-state index contributed by atoms with van der Waals surface area (Å²) in [6, 6.07) is 10.9. The van der Waals surface area contributed by atoms with Crippen LogP contribution in [0.4, 0.5) is 5.69 Å². The number of hydrogen-bond acceptors (Lipinski definition) is 7. The Morgan fingerprint density at radius 3 is 2.71 bits per heavy atom. The van der Waals surface area contributed by atoms with Gasteiger partial charge in [0.25, 0.3) is 5.91 Å². The van der Waals surface area contributed by atoms with Gasteiger partial charge in [0.2, 0.25) is 0 Å². The first-order valence-corrected chi connectivity index (χ1v) is 9.54. The van der Waals surface area contributed by atoms with Gasteiger partial charge < -0.3 is 9.47 Å². The van der Waals surface area contributed by atoms with Gasteiger partial charge in [-0.15, -0.1) is 0 Å². The van der Waals surface area contributed by atoms with E-state index in [9.17, 15) is 4.79 Å². The molecule has 2 aromatic carbocycles. The van der Waals surface area contributed by atoms with Crippen LogP contribution in [0.3, 0.4) is 0 Å². The predicted octanol–water partition coefficient (Wildman–Crippen LogP) is 4.05. The molecular weight excluding hydrogens is 394 g/mol. The zero-order valence-electron chi connectivity index (χ0n) is 15.1. The number of benzene rings is 2. The van der Waals surface area contributed by atoms with Crippen LogP contribution < -0.4 is 14.4 Å². The number of rotatable bonds is 4. The lowest BCUT2D eigenvalue weighted by Gasteiger charge is -2.18. The summed E-state index contributed by atoms with van der Waals surface area (Å²) >= 11 is 6.71. The molecule has 1 aliphatic heterocycles. The molecule has 4 rings (SSSR count). The number of nitrogens with zero attached hydrogens (tertiary/aromatic N) is 3. The number of ether oxygens (including phenoxy) is 2. The Labute approximate surface area is 171 Å². The summed E-state index contributed by atoms with van der Waals surface area (Å²) in [6.45, 7) is 0. The van der Waals surface area contributed by atoms with Crippen molar-refractivity contribution in [2.75, 3.05) is 19.1 Å². The summed E-state index contributed by atoms with van der Waals surface area (Å²) < 4.78 is 11.1. The average molecular weight is 409 g/mol. The van der Waals surface area contributed by atoms with Crippen LogP contribution in [-0.4, -0.2) is 34.4 Å². The third kappa shape index (κ3) is 3.21. The summed E-state index contributed by atoms with van der Waals surface area (Å²) in [4.78, 5) is 23.8. The maximum atomic E-state index is 13.1. The summed E-state index contributed by atoms with van der Waals surface area (Å²) in [7, 11) is 3.12. The minimum Gasteiger partial charge on any atom is -0.497 e. The molecule has 1 aromatic heterocycles. The Balaban J connectivity index is 1.74. The van der Waals surface area contributed by atoms with E-state index in [1.807, 2.05) is 18.2 Å². The van der Waals surface area contributed by atoms with Crippen molar-refractivity contribution < 1.29 is 14.3 Å². The lowest BCUT2D eigenvalue weighted by molar-refractivity contribution is -0.113. The van der Waals surface area contributed by atoms with Crippen LogP contribution in [0.25, 0.3) is 17.1 Å². The van der Waals surface area contributed by atoms with Crippen LogP contribution in [0.1, 0.15) is 5.56 Å². The van der Waals surface area contributed by atoms with Gasteiger partial charge in [0.15, 0.2) is 4.32 Å². The van der Waals surface area contributed by atoms with Gasteiger partial charge >= 0.3 is 0 Å². The molecule has 0 aliphatic carbocycles. The number of fused-ring (bicyclic) bond motifs is 1. The van der Waals surface area contributed by atoms with Gasteiger partial charge in [-0.05, 0) is 24.3 Å². The first-order valence-electron chi connectivity index (χ1n) is 8.32. The maximum Gasteiger partial charge on any atom is 0.270 e. The van der Waals surface area contributed by atoms with Crippen LogP contribution >= 0.6 is 24.0 Å². The monoisotopic (exact) mass is 409 g/mol. The highest BCUT2D eigenvalue weighted by Gasteiger charge is 2.35. The highest BCUT2D eigenvalue weighted by molar-refractivity contribution is 8.27. The topological polar surface area (TPSA) is 64.5 Å². The summed E-state index contributed by atoms with van der Waals surface area (Å²) in [6.07, 6.45) is 5.07. The third-order valence-electron chi connectivity index (χ3n) is 4.24. The van der Waals surface area contributed by atoms with E-state index in [-0.39, 0.29) is 5.91 Å². The number of hydrogen-bond donors (Lipinski definition) is 0. The zero-order chi connectivity index (χ0) is 19.7. The first-order chi connectivity index (χ1) is 13.6. The van der Waals surface area contributed by atoms with E-state index in [2.05, 4.69) is 9.97 Å². The normalized spacial score (nSPS) is 15.5. The van der Waals surface area contributed by atoms with E-state index in [4.69, 9.17) is 21.7 Å². The minimum atomic E-state index is -0.209. The van der Waals surface area contributed by atoms with Crippen molar-refractivity contribution in [1.82, 2.24) is 9.97 Å². The standard InChI is InChI=1S/C20H15N3O3S2/c1-25-13-6-7-15(16(11-13)26-2)23-19(24)17(28-20(23)27)10-12-4-3-5-14-18(12)22-9-8-21-14/h3-11H,1-2H3. The Morgan fingerprint density at radius 1 is 1.11 bits per heavy atom. The number of thioether (sulfide) groups is 1. The van der Waals surface area contributed by atoms with Crippen molar-refractivity contribution in [2.45, 2.75) is 0 Å². The molecule has 2 heterocycles. The van der Waals surface area contributed by atoms with Gasteiger partial charge in [0.1, 0.15) is 11.5 Å². The van der Waals surface area contributed by atoms with Gasteiger partial charge in [-0.1, -0.05) is 36.1 Å². The zero-order valence-corrected chi connectivity index (χ0v) is 16.7. The van der Waals surface area contributed by atoms with Crippen molar-refractivity contribution in [1.29, 1.82) is 0 Å². The van der Waals surface area contributed by atoms with Gasteiger partial charge in [-0.2, -0.15) is 0 Å². The molecular formula is C20H15N3O3S2. The molecule has 0 atom stereocenters. The number of thiocarbonyl (C=S) groups is 1. The minimum absolute atomic E-state index is 0.209. The summed E-state index contributed by atoms with van der Waals surface area (Å²) in [5, 5.41) is 0. The van der Waals surface area contributed by atoms with Gasteiger partial charge in [-0.3, -0.25) is 19.7 Å². The van der Waals surface area contributed by atoms with Gasteiger partial charge in [0, 0.05) is 24.0 Å². The Kier molecular flexibility index (Phi) is 4.97. The highest BCUT2D eigenvalue weighted by Crippen LogP contribution is 2.41. The molecule has 28 heavy (non-hydrogen) atoms. The van der Waals surface area contributed by atoms with E-state index >= 15 is 0 Å². The Hall–Kier alpha value is -2.97. The second-order valence-electron chi connectivity index (χ2n) is 5.83. The van der Waals surface area contributed by atoms with E-state index < -0.39 is 0 Å². The van der Waals surface area contributed by atoms with Crippen LogP contribution in [0, 0.1) is 0 Å². The maximum absolute atomic E-state index is 13.1. The average Bonchev–Trinajstić information content (AvgIpc) is 3.00. The van der Waals surface area contributed by atoms with E-state index in [0.29, 0.717) is 26.4 Å². The SMILES string of the molecule is COc1ccc(N2C(=O)C(=Cc3cccc4nccnc34)SC2=S)c(OC)c1. The van der Waals surface area contributed by atoms with Crippen molar-refractivity contribution >= 4 is 57.0 Å². The molecule has 8 heteroatoms. The fraction of sp³-hybridized carbons (Fsp3) is 0.100. The molecule has 3 aromatic rings. The molecule has 0 bridgehead atoms. The molecule has 6 nitrogen and oxygen atoms in total. The second-order valence-corrected chi connectivity index (χ2v) is 7.50. The number of anilines is 1. The van der Waals surface area contributed by atoms with Crippen molar-refractivity contribution in [3.8, 4) is 11.5 Å². The summed E-state index contributed by atoms with van der Waals surface area (Å²) in [5.74, 6) is 0.934. The van der Waals surface area contributed by atoms with E-state index in [0.717, 1.165) is 16.6 Å². The molecule has 0 radical (unpaired) electrons. The molecule has 1 fully saturated rings. The molecule has 1 amide bonds. The third-order valence-corrected chi connectivity index (χ3v) is 5.54. The quantitative estimate of drug-likeness (QED) is 0.476. The van der Waals surface area contributed by atoms with Gasteiger partial charge in [0.05, 0.1) is 35.8 Å². The largest absolute Gasteiger partial charge is 0.497 e. The summed E-state index contributed by atoms with van der Waals surface area (Å²) in [5.41, 5.74) is 2.89. The molecule has 0 spiro atoms. The Morgan fingerprint density at radius 2 is 1.93 bits per heavy atom. The fourth-order valence-electron chi connectivity index (χ4n) is 2.92. The number of para-hydroxylation sites is 1. The van der Waals surface area contributed by atoms with Crippen LogP contribution in [-0.2, 0) is 4.79 Å². The molecule has 140 valence electrons. The van der Waals surface area contributed by atoms with E-state index in [1.54, 1.807) is 50.9 Å². The Bertz CT molecular complexity index is 1130. The van der Waals surface area contributed by atoms with Crippen LogP contribution in [0.2, 0.25) is 0 Å². The molecule has 1 saturated heterocycles. The van der Waals surface area contributed by atoms with Crippen LogP contribution in [0.5, 0.6) is 11.5 Å². The molecule has 0 saturated carbocycles. The second kappa shape index (κ2) is 7.57.